The van der Waals surface area contributed by atoms with Crippen LogP contribution >= 0.6 is 11.8 Å². The molecule has 1 N–H and O–H groups in total. The zero-order chi connectivity index (χ0) is 14.5. The molecule has 1 heterocycles. The Morgan fingerprint density at radius 3 is 2.55 bits per heavy atom. The number of imide groups is 1. The van der Waals surface area contributed by atoms with E-state index >= 15 is 0 Å². The Bertz CT molecular complexity index is 490. The van der Waals surface area contributed by atoms with Crippen LogP contribution in [-0.2, 0) is 4.79 Å². The topological polar surface area (TPSA) is 58.6 Å². The maximum Gasteiger partial charge on any atom is 0.290 e. The number of ether oxygens (including phenoxy) is 1. The van der Waals surface area contributed by atoms with Gasteiger partial charge in [-0.25, -0.2) is 0 Å². The first-order valence-electron chi connectivity index (χ1n) is 6.67. The average Bonchev–Trinajstić information content (AvgIpc) is 2.69. The van der Waals surface area contributed by atoms with Gasteiger partial charge in [-0.15, -0.1) is 0 Å². The minimum Gasteiger partial charge on any atom is -0.494 e. The number of thioether (sulfide) groups is 1. The molecule has 1 aromatic rings. The molecule has 108 valence electrons. The summed E-state index contributed by atoms with van der Waals surface area (Å²) < 4.78 is 5.36. The van der Waals surface area contributed by atoms with Crippen molar-refractivity contribution in [2.45, 2.75) is 25.6 Å². The van der Waals surface area contributed by atoms with Crippen molar-refractivity contribution in [1.82, 2.24) is 4.90 Å². The molecule has 1 atom stereocenters. The highest BCUT2D eigenvalue weighted by molar-refractivity contribution is 8.15. The summed E-state index contributed by atoms with van der Waals surface area (Å²) in [6, 6.07) is 7.35. The zero-order valence-corrected chi connectivity index (χ0v) is 12.4. The zero-order valence-electron chi connectivity index (χ0n) is 11.6. The first-order chi connectivity index (χ1) is 9.65. The fraction of sp³-hybridized carbons (Fsp3) is 0.429. The van der Waals surface area contributed by atoms with Crippen molar-refractivity contribution < 1.29 is 14.3 Å². The molecule has 0 spiro atoms. The number of benzene rings is 1. The van der Waals surface area contributed by atoms with Gasteiger partial charge in [0, 0.05) is 12.2 Å². The molecule has 20 heavy (non-hydrogen) atoms. The third kappa shape index (κ3) is 3.25. The third-order valence-corrected chi connectivity index (χ3v) is 3.82. The Hall–Kier alpha value is -1.69. The fourth-order valence-corrected chi connectivity index (χ4v) is 2.86. The van der Waals surface area contributed by atoms with E-state index < -0.39 is 5.37 Å². The van der Waals surface area contributed by atoms with E-state index in [-0.39, 0.29) is 11.1 Å². The van der Waals surface area contributed by atoms with Gasteiger partial charge in [0.1, 0.15) is 5.75 Å². The Balaban J connectivity index is 2.00. The largest absolute Gasteiger partial charge is 0.494 e. The van der Waals surface area contributed by atoms with Gasteiger partial charge in [-0.2, -0.15) is 0 Å². The van der Waals surface area contributed by atoms with Crippen LogP contribution in [0.1, 0.15) is 20.3 Å². The van der Waals surface area contributed by atoms with Crippen LogP contribution in [0, 0.1) is 0 Å². The third-order valence-electron chi connectivity index (χ3n) is 2.84. The predicted molar refractivity (Wildman–Crippen MR) is 80.0 cm³/mol. The number of rotatable bonds is 6. The summed E-state index contributed by atoms with van der Waals surface area (Å²) >= 11 is 1.03. The molecule has 2 rings (SSSR count). The lowest BCUT2D eigenvalue weighted by molar-refractivity contribution is -0.126. The molecule has 0 saturated carbocycles. The Morgan fingerprint density at radius 1 is 1.25 bits per heavy atom. The Kier molecular flexibility index (Phi) is 4.89. The molecule has 1 unspecified atom stereocenters. The van der Waals surface area contributed by atoms with E-state index in [9.17, 15) is 9.59 Å². The summed E-state index contributed by atoms with van der Waals surface area (Å²) in [6.45, 7) is 4.96. The van der Waals surface area contributed by atoms with Crippen LogP contribution in [-0.4, -0.2) is 34.6 Å². The van der Waals surface area contributed by atoms with E-state index in [1.54, 1.807) is 0 Å². The van der Waals surface area contributed by atoms with Crippen LogP contribution in [0.2, 0.25) is 0 Å². The normalized spacial score (nSPS) is 18.5. The molecule has 0 aromatic heterocycles. The number of anilines is 1. The first kappa shape index (κ1) is 14.7. The highest BCUT2D eigenvalue weighted by Gasteiger charge is 2.38. The van der Waals surface area contributed by atoms with E-state index in [0.29, 0.717) is 13.2 Å². The summed E-state index contributed by atoms with van der Waals surface area (Å²) in [6.07, 6.45) is 0.772. The number of hydrogen-bond donors (Lipinski definition) is 1. The highest BCUT2D eigenvalue weighted by Crippen LogP contribution is 2.28. The molecule has 2 amide bonds. The predicted octanol–water partition coefficient (Wildman–Crippen LogP) is 2.93. The highest BCUT2D eigenvalue weighted by atomic mass is 32.2. The number of carbonyl (C=O) groups is 2. The molecule has 1 fully saturated rings. The molecule has 0 radical (unpaired) electrons. The van der Waals surface area contributed by atoms with Crippen molar-refractivity contribution in [3.05, 3.63) is 24.3 Å². The smallest absolute Gasteiger partial charge is 0.290 e. The second-order valence-electron chi connectivity index (χ2n) is 4.36. The number of nitrogens with one attached hydrogen (secondary N) is 1. The van der Waals surface area contributed by atoms with Crippen molar-refractivity contribution in [2.24, 2.45) is 0 Å². The average molecular weight is 294 g/mol. The van der Waals surface area contributed by atoms with E-state index in [2.05, 4.69) is 5.32 Å². The van der Waals surface area contributed by atoms with Gasteiger partial charge in [0.25, 0.3) is 11.1 Å². The van der Waals surface area contributed by atoms with E-state index in [1.807, 2.05) is 38.1 Å². The van der Waals surface area contributed by atoms with Crippen LogP contribution < -0.4 is 10.1 Å². The monoisotopic (exact) mass is 294 g/mol. The van der Waals surface area contributed by atoms with Crippen molar-refractivity contribution in [2.75, 3.05) is 18.5 Å². The minimum atomic E-state index is -0.535. The second kappa shape index (κ2) is 6.65. The molecule has 6 heteroatoms. The van der Waals surface area contributed by atoms with Gasteiger partial charge in [0.2, 0.25) is 0 Å². The Labute approximate surface area is 122 Å². The van der Waals surface area contributed by atoms with Crippen LogP contribution in [0.4, 0.5) is 10.5 Å². The van der Waals surface area contributed by atoms with Crippen molar-refractivity contribution in [3.8, 4) is 5.75 Å². The van der Waals surface area contributed by atoms with Gasteiger partial charge in [0.05, 0.1) is 6.61 Å². The lowest BCUT2D eigenvalue weighted by Gasteiger charge is -2.14. The first-order valence-corrected chi connectivity index (χ1v) is 7.55. The molecular weight excluding hydrogens is 276 g/mol. The molecule has 5 nitrogen and oxygen atoms in total. The van der Waals surface area contributed by atoms with Crippen molar-refractivity contribution in [3.63, 3.8) is 0 Å². The molecule has 1 aliphatic heterocycles. The quantitative estimate of drug-likeness (QED) is 0.874. The fourth-order valence-electron chi connectivity index (χ4n) is 1.93. The summed E-state index contributed by atoms with van der Waals surface area (Å²) in [4.78, 5) is 25.1. The molecule has 1 aliphatic rings. The van der Waals surface area contributed by atoms with Crippen molar-refractivity contribution in [1.29, 1.82) is 0 Å². The molecule has 0 aliphatic carbocycles. The molecule has 0 bridgehead atoms. The molecule has 1 aromatic carbocycles. The van der Waals surface area contributed by atoms with Crippen LogP contribution in [0.15, 0.2) is 24.3 Å². The van der Waals surface area contributed by atoms with Crippen LogP contribution in [0.5, 0.6) is 5.75 Å². The molecule has 1 saturated heterocycles. The van der Waals surface area contributed by atoms with Gasteiger partial charge in [-0.3, -0.25) is 14.5 Å². The van der Waals surface area contributed by atoms with Crippen LogP contribution in [0.25, 0.3) is 0 Å². The lowest BCUT2D eigenvalue weighted by atomic mass is 10.3. The van der Waals surface area contributed by atoms with Gasteiger partial charge in [-0.05, 0) is 49.4 Å². The van der Waals surface area contributed by atoms with Gasteiger partial charge in [0.15, 0.2) is 5.37 Å². The summed E-state index contributed by atoms with van der Waals surface area (Å²) in [7, 11) is 0. The SMILES string of the molecule is CCCN1C(=O)SC(Nc2ccc(OCC)cc2)C1=O. The van der Waals surface area contributed by atoms with E-state index in [1.165, 1.54) is 4.90 Å². The maximum absolute atomic E-state index is 12.1. The van der Waals surface area contributed by atoms with Gasteiger partial charge >= 0.3 is 0 Å². The number of carbonyl (C=O) groups excluding carboxylic acids is 2. The van der Waals surface area contributed by atoms with Crippen molar-refractivity contribution >= 4 is 28.6 Å². The molecular formula is C14H18N2O3S. The summed E-state index contributed by atoms with van der Waals surface area (Å²) in [5, 5.41) is 2.36. The summed E-state index contributed by atoms with van der Waals surface area (Å²) in [5.41, 5.74) is 0.797. The summed E-state index contributed by atoms with van der Waals surface area (Å²) in [5.74, 6) is 0.614. The second-order valence-corrected chi connectivity index (χ2v) is 5.41. The van der Waals surface area contributed by atoms with E-state index in [4.69, 9.17) is 4.74 Å². The Morgan fingerprint density at radius 2 is 1.95 bits per heavy atom. The number of nitrogens with zero attached hydrogens (tertiary/aromatic N) is 1. The van der Waals surface area contributed by atoms with Gasteiger partial charge < -0.3 is 10.1 Å². The minimum absolute atomic E-state index is 0.171. The van der Waals surface area contributed by atoms with Crippen LogP contribution in [0.3, 0.4) is 0 Å². The standard InChI is InChI=1S/C14H18N2O3S/c1-3-9-16-13(17)12(20-14(16)18)15-10-5-7-11(8-6-10)19-4-2/h5-8,12,15H,3-4,9H2,1-2H3. The number of amides is 2. The van der Waals surface area contributed by atoms with Gasteiger partial charge in [-0.1, -0.05) is 6.92 Å². The van der Waals surface area contributed by atoms with E-state index in [0.717, 1.165) is 29.6 Å². The number of hydrogen-bond acceptors (Lipinski definition) is 5. The lowest BCUT2D eigenvalue weighted by Crippen LogP contribution is -2.34. The maximum atomic E-state index is 12.1.